The van der Waals surface area contributed by atoms with Crippen LogP contribution in [-0.4, -0.2) is 47.7 Å². The quantitative estimate of drug-likeness (QED) is 0.790. The van der Waals surface area contributed by atoms with Gasteiger partial charge in [-0.25, -0.2) is 9.78 Å². The summed E-state index contributed by atoms with van der Waals surface area (Å²) < 4.78 is 7.05. The lowest BCUT2D eigenvalue weighted by molar-refractivity contribution is 0.0593. The number of ether oxygens (including phenoxy) is 1. The molecule has 5 nitrogen and oxygen atoms in total. The fourth-order valence-electron chi connectivity index (χ4n) is 2.73. The third kappa shape index (κ3) is 2.56. The van der Waals surface area contributed by atoms with Crippen LogP contribution < -0.4 is 0 Å². The predicted molar refractivity (Wildman–Crippen MR) is 80.2 cm³/mol. The minimum absolute atomic E-state index is 0.356. The van der Waals surface area contributed by atoms with Crippen LogP contribution in [0.15, 0.2) is 30.3 Å². The summed E-state index contributed by atoms with van der Waals surface area (Å²) in [6, 6.07) is 9.98. The highest BCUT2D eigenvalue weighted by Crippen LogP contribution is 2.25. The molecule has 0 saturated carbocycles. The highest BCUT2D eigenvalue weighted by Gasteiger charge is 2.25. The Morgan fingerprint density at radius 3 is 2.67 bits per heavy atom. The Bertz CT molecular complexity index is 649. The van der Waals surface area contributed by atoms with Crippen molar-refractivity contribution in [3.63, 3.8) is 0 Å². The molecule has 2 aromatic rings. The summed E-state index contributed by atoms with van der Waals surface area (Å²) in [5, 5.41) is 0. The van der Waals surface area contributed by atoms with Crippen molar-refractivity contribution in [2.75, 3.05) is 27.2 Å². The molecule has 0 atom stereocenters. The van der Waals surface area contributed by atoms with Gasteiger partial charge < -0.3 is 14.2 Å². The molecule has 21 heavy (non-hydrogen) atoms. The van der Waals surface area contributed by atoms with Crippen molar-refractivity contribution in [3.05, 3.63) is 41.7 Å². The largest absolute Gasteiger partial charge is 0.464 e. The number of likely N-dealkylation sites (N-methyl/N-ethyl adjacent to an activating group) is 1. The van der Waals surface area contributed by atoms with Crippen molar-refractivity contribution < 1.29 is 9.53 Å². The standard InChI is InChI=1S/C16H19N3O2/c1-18-9-8-13-14(16(20)21-2)17-15(19(13)11-10-18)12-6-4-3-5-7-12/h3-7H,8-11H2,1-2H3. The average Bonchev–Trinajstić information content (AvgIpc) is 2.78. The number of carbonyl (C=O) groups is 1. The summed E-state index contributed by atoms with van der Waals surface area (Å²) in [4.78, 5) is 18.8. The molecule has 0 N–H and O–H groups in total. The van der Waals surface area contributed by atoms with E-state index in [0.717, 1.165) is 43.1 Å². The van der Waals surface area contributed by atoms with E-state index in [4.69, 9.17) is 4.74 Å². The van der Waals surface area contributed by atoms with Crippen LogP contribution in [0.25, 0.3) is 11.4 Å². The Hall–Kier alpha value is -2.14. The predicted octanol–water partition coefficient (Wildman–Crippen LogP) is 1.82. The zero-order valence-corrected chi connectivity index (χ0v) is 12.4. The number of benzene rings is 1. The molecule has 0 fully saturated rings. The summed E-state index contributed by atoms with van der Waals surface area (Å²) in [6.45, 7) is 2.70. The number of esters is 1. The van der Waals surface area contributed by atoms with E-state index in [-0.39, 0.29) is 5.97 Å². The van der Waals surface area contributed by atoms with Gasteiger partial charge in [-0.05, 0) is 7.05 Å². The molecule has 1 aliphatic rings. The molecular formula is C16H19N3O2. The first-order chi connectivity index (χ1) is 10.2. The molecule has 1 aliphatic heterocycles. The topological polar surface area (TPSA) is 47.4 Å². The number of methoxy groups -OCH3 is 1. The SMILES string of the molecule is COC(=O)c1nc(-c2ccccc2)n2c1CCN(C)CC2. The van der Waals surface area contributed by atoms with Gasteiger partial charge in [0, 0.05) is 31.6 Å². The van der Waals surface area contributed by atoms with Gasteiger partial charge in [0.25, 0.3) is 0 Å². The van der Waals surface area contributed by atoms with E-state index in [0.29, 0.717) is 5.69 Å². The molecule has 0 saturated heterocycles. The highest BCUT2D eigenvalue weighted by atomic mass is 16.5. The number of aromatic nitrogens is 2. The summed E-state index contributed by atoms with van der Waals surface area (Å²) in [5.74, 6) is 0.492. The van der Waals surface area contributed by atoms with Gasteiger partial charge in [0.2, 0.25) is 0 Å². The maximum atomic E-state index is 12.0. The lowest BCUT2D eigenvalue weighted by Gasteiger charge is -2.12. The zero-order valence-electron chi connectivity index (χ0n) is 12.4. The number of imidazole rings is 1. The number of rotatable bonds is 2. The maximum absolute atomic E-state index is 12.0. The molecule has 0 radical (unpaired) electrons. The van der Waals surface area contributed by atoms with Crippen molar-refractivity contribution in [1.82, 2.24) is 14.5 Å². The van der Waals surface area contributed by atoms with Gasteiger partial charge in [-0.3, -0.25) is 0 Å². The maximum Gasteiger partial charge on any atom is 0.358 e. The van der Waals surface area contributed by atoms with E-state index in [2.05, 4.69) is 21.5 Å². The number of fused-ring (bicyclic) bond motifs is 1. The molecule has 0 amide bonds. The Kier molecular flexibility index (Phi) is 3.75. The molecule has 0 bridgehead atoms. The smallest absolute Gasteiger partial charge is 0.358 e. The van der Waals surface area contributed by atoms with Crippen LogP contribution in [-0.2, 0) is 17.7 Å². The minimum Gasteiger partial charge on any atom is -0.464 e. The van der Waals surface area contributed by atoms with Crippen LogP contribution in [0.3, 0.4) is 0 Å². The van der Waals surface area contributed by atoms with E-state index in [9.17, 15) is 4.79 Å². The summed E-state index contributed by atoms with van der Waals surface area (Å²) >= 11 is 0. The van der Waals surface area contributed by atoms with E-state index in [1.54, 1.807) is 0 Å². The molecule has 3 rings (SSSR count). The second-order valence-electron chi connectivity index (χ2n) is 5.29. The fraction of sp³-hybridized carbons (Fsp3) is 0.375. The Morgan fingerprint density at radius 2 is 1.95 bits per heavy atom. The van der Waals surface area contributed by atoms with E-state index in [1.165, 1.54) is 7.11 Å². The number of hydrogen-bond donors (Lipinski definition) is 0. The van der Waals surface area contributed by atoms with Crippen molar-refractivity contribution in [3.8, 4) is 11.4 Å². The number of nitrogens with zero attached hydrogens (tertiary/aromatic N) is 3. The van der Waals surface area contributed by atoms with Crippen molar-refractivity contribution in [1.29, 1.82) is 0 Å². The van der Waals surface area contributed by atoms with Crippen LogP contribution in [0.2, 0.25) is 0 Å². The van der Waals surface area contributed by atoms with Gasteiger partial charge in [-0.15, -0.1) is 0 Å². The molecule has 0 spiro atoms. The lowest BCUT2D eigenvalue weighted by atomic mass is 10.2. The van der Waals surface area contributed by atoms with Crippen molar-refractivity contribution in [2.24, 2.45) is 0 Å². The first-order valence-corrected chi connectivity index (χ1v) is 7.12. The van der Waals surface area contributed by atoms with Gasteiger partial charge in [-0.1, -0.05) is 30.3 Å². The molecule has 1 aromatic carbocycles. The van der Waals surface area contributed by atoms with Crippen LogP contribution in [0.5, 0.6) is 0 Å². The van der Waals surface area contributed by atoms with Gasteiger partial charge in [0.15, 0.2) is 5.69 Å². The van der Waals surface area contributed by atoms with Crippen molar-refractivity contribution >= 4 is 5.97 Å². The van der Waals surface area contributed by atoms with E-state index in [1.807, 2.05) is 30.3 Å². The van der Waals surface area contributed by atoms with Gasteiger partial charge >= 0.3 is 5.97 Å². The van der Waals surface area contributed by atoms with E-state index < -0.39 is 0 Å². The molecule has 110 valence electrons. The van der Waals surface area contributed by atoms with Gasteiger partial charge in [-0.2, -0.15) is 0 Å². The summed E-state index contributed by atoms with van der Waals surface area (Å²) in [5.41, 5.74) is 2.45. The van der Waals surface area contributed by atoms with Gasteiger partial charge in [0.1, 0.15) is 5.82 Å². The summed E-state index contributed by atoms with van der Waals surface area (Å²) in [6.07, 6.45) is 0.806. The normalized spacial score (nSPS) is 15.3. The van der Waals surface area contributed by atoms with Crippen LogP contribution in [0.1, 0.15) is 16.2 Å². The lowest BCUT2D eigenvalue weighted by Crippen LogP contribution is -2.22. The number of hydrogen-bond acceptors (Lipinski definition) is 4. The van der Waals surface area contributed by atoms with Crippen LogP contribution in [0.4, 0.5) is 0 Å². The first kappa shape index (κ1) is 13.8. The highest BCUT2D eigenvalue weighted by molar-refractivity contribution is 5.89. The molecule has 0 unspecified atom stereocenters. The average molecular weight is 285 g/mol. The van der Waals surface area contributed by atoms with Crippen LogP contribution in [0, 0.1) is 0 Å². The Labute approximate surface area is 124 Å². The molecule has 0 aliphatic carbocycles. The zero-order chi connectivity index (χ0) is 14.8. The molecule has 5 heteroatoms. The molecular weight excluding hydrogens is 266 g/mol. The van der Waals surface area contributed by atoms with Crippen molar-refractivity contribution in [2.45, 2.75) is 13.0 Å². The van der Waals surface area contributed by atoms with Crippen LogP contribution >= 0.6 is 0 Å². The third-order valence-corrected chi connectivity index (χ3v) is 3.92. The molecule has 1 aromatic heterocycles. The van der Waals surface area contributed by atoms with Gasteiger partial charge in [0.05, 0.1) is 12.8 Å². The summed E-state index contributed by atoms with van der Waals surface area (Å²) in [7, 11) is 3.50. The van der Waals surface area contributed by atoms with E-state index >= 15 is 0 Å². The monoisotopic (exact) mass is 285 g/mol. The second kappa shape index (κ2) is 5.69. The first-order valence-electron chi connectivity index (χ1n) is 7.12. The minimum atomic E-state index is -0.356. The Morgan fingerprint density at radius 1 is 1.19 bits per heavy atom. The Balaban J connectivity index is 2.13. The number of carbonyl (C=O) groups excluding carboxylic acids is 1. The molecule has 2 heterocycles. The third-order valence-electron chi connectivity index (χ3n) is 3.92. The second-order valence-corrected chi connectivity index (χ2v) is 5.29. The fourth-order valence-corrected chi connectivity index (χ4v) is 2.73.